The fourth-order valence-electron chi connectivity index (χ4n) is 5.76. The van der Waals surface area contributed by atoms with Crippen molar-refractivity contribution in [2.24, 2.45) is 40.9 Å². The zero-order chi connectivity index (χ0) is 49.8. The van der Waals surface area contributed by atoms with Gasteiger partial charge in [0.15, 0.2) is 0 Å². The number of nitrogens with one attached hydrogen (secondary N) is 1. The zero-order valence-corrected chi connectivity index (χ0v) is 39.4. The van der Waals surface area contributed by atoms with E-state index in [1.54, 1.807) is 109 Å². The van der Waals surface area contributed by atoms with E-state index in [-0.39, 0.29) is 12.5 Å². The van der Waals surface area contributed by atoms with Crippen molar-refractivity contribution in [3.05, 3.63) is 145 Å². The van der Waals surface area contributed by atoms with Crippen molar-refractivity contribution in [3.8, 4) is 17.2 Å². The van der Waals surface area contributed by atoms with E-state index in [2.05, 4.69) is 46.2 Å². The molecule has 0 spiro atoms. The maximum absolute atomic E-state index is 11.7. The Balaban J connectivity index is 0.000000260. The lowest BCUT2D eigenvalue weighted by Gasteiger charge is -2.09. The third-order valence-corrected chi connectivity index (χ3v) is 10.4. The molecule has 0 heterocycles. The van der Waals surface area contributed by atoms with Crippen LogP contribution in [0.3, 0.4) is 0 Å². The number of ether oxygens (including phenoxy) is 3. The summed E-state index contributed by atoms with van der Waals surface area (Å²) < 4.78 is 78.6. The first-order chi connectivity index (χ1) is 33.0. The summed E-state index contributed by atoms with van der Waals surface area (Å²) in [6, 6.07) is 36.8. The number of carbonyl (C=O) groups excluding carboxylic acids is 1. The number of amides is 1. The monoisotopic (exact) mass is 979 g/mol. The molecule has 0 fully saturated rings. The quantitative estimate of drug-likeness (QED) is 0.0412. The lowest BCUT2D eigenvalue weighted by atomic mass is 10.2. The molecular formula is C47H49N9O11S2. The Morgan fingerprint density at radius 2 is 1.00 bits per heavy atom. The van der Waals surface area contributed by atoms with E-state index >= 15 is 0 Å². The van der Waals surface area contributed by atoms with Gasteiger partial charge < -0.3 is 24.6 Å². The molecule has 6 rings (SSSR count). The Labute approximate surface area is 399 Å². The number of aliphatic hydroxyl groups is 1. The first-order valence-corrected chi connectivity index (χ1v) is 24.2. The van der Waals surface area contributed by atoms with Crippen molar-refractivity contribution in [3.63, 3.8) is 0 Å². The lowest BCUT2D eigenvalue weighted by Crippen LogP contribution is -2.15. The van der Waals surface area contributed by atoms with Crippen molar-refractivity contribution in [1.29, 1.82) is 0 Å². The maximum atomic E-state index is 11.7. The van der Waals surface area contributed by atoms with Crippen LogP contribution >= 0.6 is 0 Å². The number of methoxy groups -OCH3 is 1. The highest BCUT2D eigenvalue weighted by Crippen LogP contribution is 2.35. The fraction of sp³-hybridized carbons (Fsp3) is 0.213. The second-order valence-corrected chi connectivity index (χ2v) is 17.5. The number of benzene rings is 6. The SMILES string of the molecule is CCC(O)COc1ccc(N=Nc2ccc(N=Nc3cccc(CS(=O)(=O)O)c3)c(NC(C)=O)c2)cc1.CCOc1ccc(N=Nc2ccc(N=Nc3cccc(CS(=O)(=O)O)c3)cc2OC)cc1. The molecule has 0 bridgehead atoms. The molecule has 1 atom stereocenters. The molecule has 0 aliphatic rings. The Morgan fingerprint density at radius 3 is 1.49 bits per heavy atom. The minimum Gasteiger partial charge on any atom is -0.494 e. The molecule has 360 valence electrons. The van der Waals surface area contributed by atoms with Gasteiger partial charge in [-0.25, -0.2) is 0 Å². The minimum atomic E-state index is -4.18. The van der Waals surface area contributed by atoms with E-state index in [1.165, 1.54) is 26.2 Å². The van der Waals surface area contributed by atoms with Crippen LogP contribution < -0.4 is 19.5 Å². The van der Waals surface area contributed by atoms with Gasteiger partial charge in [-0.05, 0) is 128 Å². The topological polar surface area (TPSA) is 285 Å². The van der Waals surface area contributed by atoms with Gasteiger partial charge in [0.05, 0.1) is 59.6 Å². The summed E-state index contributed by atoms with van der Waals surface area (Å²) in [5.41, 5.74) is 5.05. The summed E-state index contributed by atoms with van der Waals surface area (Å²) in [4.78, 5) is 11.7. The lowest BCUT2D eigenvalue weighted by molar-refractivity contribution is -0.114. The normalized spacial score (nSPS) is 12.3. The Kier molecular flexibility index (Phi) is 19.3. The van der Waals surface area contributed by atoms with Crippen molar-refractivity contribution >= 4 is 77.3 Å². The van der Waals surface area contributed by atoms with Crippen LogP contribution in [0.1, 0.15) is 38.3 Å². The first kappa shape index (κ1) is 52.3. The molecule has 0 aromatic heterocycles. The molecule has 6 aromatic carbocycles. The molecule has 0 radical (unpaired) electrons. The molecule has 0 saturated heterocycles. The van der Waals surface area contributed by atoms with E-state index < -0.39 is 37.8 Å². The van der Waals surface area contributed by atoms with E-state index in [0.29, 0.717) is 86.8 Å². The summed E-state index contributed by atoms with van der Waals surface area (Å²) >= 11 is 0. The molecule has 1 amide bonds. The number of hydrogen-bond acceptors (Lipinski definition) is 17. The van der Waals surface area contributed by atoms with Gasteiger partial charge in [0.1, 0.15) is 46.7 Å². The van der Waals surface area contributed by atoms with Crippen LogP contribution in [-0.2, 0) is 36.5 Å². The molecule has 22 heteroatoms. The Morgan fingerprint density at radius 1 is 0.565 bits per heavy atom. The summed E-state index contributed by atoms with van der Waals surface area (Å²) in [5, 5.41) is 45.7. The fourth-order valence-corrected chi connectivity index (χ4v) is 6.96. The van der Waals surface area contributed by atoms with E-state index in [0.717, 1.165) is 5.75 Å². The zero-order valence-electron chi connectivity index (χ0n) is 37.8. The molecule has 0 aliphatic carbocycles. The van der Waals surface area contributed by atoms with Crippen LogP contribution in [0.2, 0.25) is 0 Å². The third-order valence-electron chi connectivity index (χ3n) is 8.98. The van der Waals surface area contributed by atoms with E-state index in [9.17, 15) is 26.7 Å². The van der Waals surface area contributed by atoms with Crippen LogP contribution in [0.5, 0.6) is 17.2 Å². The number of rotatable bonds is 20. The van der Waals surface area contributed by atoms with Gasteiger partial charge in [0, 0.05) is 13.0 Å². The van der Waals surface area contributed by atoms with E-state index in [1.807, 2.05) is 26.0 Å². The van der Waals surface area contributed by atoms with Gasteiger partial charge in [0.2, 0.25) is 5.91 Å². The smallest absolute Gasteiger partial charge is 0.269 e. The largest absolute Gasteiger partial charge is 0.494 e. The van der Waals surface area contributed by atoms with Crippen LogP contribution in [0.15, 0.2) is 174 Å². The van der Waals surface area contributed by atoms with E-state index in [4.69, 9.17) is 23.3 Å². The van der Waals surface area contributed by atoms with Crippen molar-refractivity contribution in [1.82, 2.24) is 0 Å². The van der Waals surface area contributed by atoms with Crippen LogP contribution in [-0.4, -0.2) is 63.4 Å². The molecular weight excluding hydrogens is 931 g/mol. The standard InChI is InChI=1S/C25H27N5O6S.C22H22N4O5S/c1-3-22(32)15-36-23-10-7-19(8-11-23)27-28-21-9-12-24(25(14-21)26-17(2)31)30-29-20-6-4-5-18(13-20)16-37(33,34)35;1-3-31-20-10-7-17(8-11-20)23-26-21-12-9-19(14-22(21)30-2)25-24-18-6-4-5-16(13-18)15-32(27,28)29/h4-14,22,32H,3,15-16H2,1-2H3,(H,26,31)(H,33,34,35);4-14H,3,15H2,1-2H3,(H,27,28,29). The highest BCUT2D eigenvalue weighted by molar-refractivity contribution is 7.85. The molecule has 0 saturated carbocycles. The second-order valence-electron chi connectivity index (χ2n) is 14.6. The van der Waals surface area contributed by atoms with Gasteiger partial charge in [-0.1, -0.05) is 31.2 Å². The average molecular weight is 980 g/mol. The van der Waals surface area contributed by atoms with Gasteiger partial charge in [-0.15, -0.1) is 10.2 Å². The second kappa shape index (κ2) is 25.5. The molecule has 69 heavy (non-hydrogen) atoms. The van der Waals surface area contributed by atoms with Gasteiger partial charge >= 0.3 is 0 Å². The summed E-state index contributed by atoms with van der Waals surface area (Å²) in [6.07, 6.45) is 0.0897. The summed E-state index contributed by atoms with van der Waals surface area (Å²) in [7, 11) is -6.78. The molecule has 1 unspecified atom stereocenters. The van der Waals surface area contributed by atoms with Crippen LogP contribution in [0.4, 0.5) is 51.2 Å². The number of aliphatic hydroxyl groups excluding tert-OH is 1. The Hall–Kier alpha value is -7.63. The number of nitrogens with zero attached hydrogens (tertiary/aromatic N) is 8. The Bertz CT molecular complexity index is 3020. The van der Waals surface area contributed by atoms with Gasteiger partial charge in [-0.2, -0.15) is 47.5 Å². The highest BCUT2D eigenvalue weighted by Gasteiger charge is 2.11. The minimum absolute atomic E-state index is 0.211. The predicted octanol–water partition coefficient (Wildman–Crippen LogP) is 12.3. The molecule has 0 aliphatic heterocycles. The summed E-state index contributed by atoms with van der Waals surface area (Å²) in [5.74, 6) is 0.504. The predicted molar refractivity (Wildman–Crippen MR) is 260 cm³/mol. The third kappa shape index (κ3) is 18.9. The maximum Gasteiger partial charge on any atom is 0.269 e. The number of azo groups is 4. The first-order valence-electron chi connectivity index (χ1n) is 21.0. The van der Waals surface area contributed by atoms with Crippen LogP contribution in [0, 0.1) is 0 Å². The molecule has 6 aromatic rings. The number of anilines is 1. The van der Waals surface area contributed by atoms with Crippen molar-refractivity contribution in [2.75, 3.05) is 25.6 Å². The number of carbonyl (C=O) groups is 1. The highest BCUT2D eigenvalue weighted by atomic mass is 32.2. The van der Waals surface area contributed by atoms with Crippen LogP contribution in [0.25, 0.3) is 0 Å². The molecule has 4 N–H and O–H groups in total. The molecule has 20 nitrogen and oxygen atoms in total. The summed E-state index contributed by atoms with van der Waals surface area (Å²) in [6.45, 7) is 5.96. The van der Waals surface area contributed by atoms with Gasteiger partial charge in [0.25, 0.3) is 20.2 Å². The van der Waals surface area contributed by atoms with Gasteiger partial charge in [-0.3, -0.25) is 13.9 Å². The van der Waals surface area contributed by atoms with Crippen molar-refractivity contribution < 1.29 is 50.1 Å². The average Bonchev–Trinajstić information content (AvgIpc) is 3.31. The van der Waals surface area contributed by atoms with Crippen molar-refractivity contribution in [2.45, 2.75) is 44.8 Å². The number of hydrogen-bond donors (Lipinski definition) is 4.